The van der Waals surface area contributed by atoms with E-state index in [0.717, 1.165) is 38.0 Å². The molecule has 1 aromatic rings. The zero-order chi connectivity index (χ0) is 13.7. The Bertz CT molecular complexity index is 428. The molecule has 0 aromatic carbocycles. The lowest BCUT2D eigenvalue weighted by molar-refractivity contribution is 0.181. The summed E-state index contributed by atoms with van der Waals surface area (Å²) in [4.78, 5) is 10.8. The number of rotatable bonds is 4. The van der Waals surface area contributed by atoms with Gasteiger partial charge in [0.25, 0.3) is 0 Å². The Morgan fingerprint density at radius 1 is 1.65 bits per heavy atom. The summed E-state index contributed by atoms with van der Waals surface area (Å²) >= 11 is 0. The minimum absolute atomic E-state index is 0. The van der Waals surface area contributed by atoms with Crippen LogP contribution in [-0.2, 0) is 18.3 Å². The molecule has 6 nitrogen and oxygen atoms in total. The van der Waals surface area contributed by atoms with E-state index in [4.69, 9.17) is 4.74 Å². The number of imidazole rings is 1. The molecule has 0 radical (unpaired) electrons. The van der Waals surface area contributed by atoms with Crippen molar-refractivity contribution >= 4 is 29.9 Å². The molecule has 114 valence electrons. The zero-order valence-corrected chi connectivity index (χ0v) is 14.7. The van der Waals surface area contributed by atoms with Crippen molar-refractivity contribution in [2.24, 2.45) is 18.0 Å². The third-order valence-electron chi connectivity index (χ3n) is 3.46. The van der Waals surface area contributed by atoms with E-state index in [1.165, 1.54) is 0 Å². The van der Waals surface area contributed by atoms with E-state index in [1.54, 1.807) is 6.20 Å². The van der Waals surface area contributed by atoms with E-state index in [1.807, 2.05) is 24.9 Å². The van der Waals surface area contributed by atoms with Gasteiger partial charge in [-0.1, -0.05) is 0 Å². The van der Waals surface area contributed by atoms with Crippen LogP contribution in [0.2, 0.25) is 0 Å². The fourth-order valence-electron chi connectivity index (χ4n) is 2.31. The second-order valence-electron chi connectivity index (χ2n) is 4.97. The number of halogens is 1. The Kier molecular flexibility index (Phi) is 7.28. The van der Waals surface area contributed by atoms with Crippen LogP contribution >= 0.6 is 24.0 Å². The molecule has 1 fully saturated rings. The largest absolute Gasteiger partial charge is 0.381 e. The van der Waals surface area contributed by atoms with Gasteiger partial charge in [0.05, 0.1) is 13.2 Å². The van der Waals surface area contributed by atoms with Crippen molar-refractivity contribution in [2.45, 2.75) is 13.0 Å². The van der Waals surface area contributed by atoms with Crippen molar-refractivity contribution in [3.05, 3.63) is 18.2 Å². The summed E-state index contributed by atoms with van der Waals surface area (Å²) in [6.45, 7) is 3.40. The van der Waals surface area contributed by atoms with Gasteiger partial charge in [0.1, 0.15) is 5.82 Å². The highest BCUT2D eigenvalue weighted by Gasteiger charge is 2.19. The Hall–Kier alpha value is -0.830. The summed E-state index contributed by atoms with van der Waals surface area (Å²) in [6.07, 6.45) is 4.89. The lowest BCUT2D eigenvalue weighted by Gasteiger charge is -2.24. The van der Waals surface area contributed by atoms with Crippen molar-refractivity contribution in [3.8, 4) is 0 Å². The lowest BCUT2D eigenvalue weighted by Crippen LogP contribution is -2.41. The number of ether oxygens (including phenoxy) is 1. The first kappa shape index (κ1) is 17.2. The fraction of sp³-hybridized carbons (Fsp3) is 0.692. The number of aliphatic imine (C=N–C) groups is 1. The van der Waals surface area contributed by atoms with Crippen molar-refractivity contribution in [2.75, 3.05) is 33.9 Å². The van der Waals surface area contributed by atoms with Crippen LogP contribution in [0.3, 0.4) is 0 Å². The molecule has 20 heavy (non-hydrogen) atoms. The maximum absolute atomic E-state index is 5.41. The predicted octanol–water partition coefficient (Wildman–Crippen LogP) is 1.08. The molecule has 0 aliphatic carbocycles. The van der Waals surface area contributed by atoms with E-state index >= 15 is 0 Å². The van der Waals surface area contributed by atoms with Crippen LogP contribution in [0.5, 0.6) is 0 Å². The van der Waals surface area contributed by atoms with Crippen LogP contribution in [0.1, 0.15) is 12.2 Å². The molecule has 1 aliphatic rings. The quantitative estimate of drug-likeness (QED) is 0.473. The van der Waals surface area contributed by atoms with Gasteiger partial charge in [-0.25, -0.2) is 4.98 Å². The van der Waals surface area contributed by atoms with E-state index in [2.05, 4.69) is 27.2 Å². The van der Waals surface area contributed by atoms with Gasteiger partial charge in [0.2, 0.25) is 0 Å². The van der Waals surface area contributed by atoms with Gasteiger partial charge >= 0.3 is 0 Å². The Labute approximate surface area is 137 Å². The number of hydrogen-bond acceptors (Lipinski definition) is 3. The van der Waals surface area contributed by atoms with E-state index in [9.17, 15) is 0 Å². The van der Waals surface area contributed by atoms with E-state index in [-0.39, 0.29) is 24.0 Å². The molecule has 0 bridgehead atoms. The zero-order valence-electron chi connectivity index (χ0n) is 12.4. The van der Waals surface area contributed by atoms with Gasteiger partial charge in [-0.15, -0.1) is 24.0 Å². The number of aromatic nitrogens is 2. The summed E-state index contributed by atoms with van der Waals surface area (Å²) in [6, 6.07) is 0. The summed E-state index contributed by atoms with van der Waals surface area (Å²) < 4.78 is 7.41. The number of guanidine groups is 1. The first-order valence-corrected chi connectivity index (χ1v) is 6.66. The molecule has 1 saturated heterocycles. The van der Waals surface area contributed by atoms with Crippen molar-refractivity contribution in [1.29, 1.82) is 0 Å². The topological polar surface area (TPSA) is 54.7 Å². The molecule has 1 atom stereocenters. The molecule has 1 unspecified atom stereocenters. The molecular weight excluding hydrogens is 369 g/mol. The highest BCUT2D eigenvalue weighted by atomic mass is 127. The van der Waals surface area contributed by atoms with Gasteiger partial charge in [-0.3, -0.25) is 4.99 Å². The normalized spacial score (nSPS) is 18.8. The second-order valence-corrected chi connectivity index (χ2v) is 4.97. The number of nitrogens with zero attached hydrogens (tertiary/aromatic N) is 4. The average molecular weight is 393 g/mol. The molecule has 0 amide bonds. The van der Waals surface area contributed by atoms with Crippen LogP contribution in [-0.4, -0.2) is 54.3 Å². The molecule has 2 rings (SSSR count). The summed E-state index contributed by atoms with van der Waals surface area (Å²) in [5.41, 5.74) is 0. The molecule has 1 aromatic heterocycles. The van der Waals surface area contributed by atoms with Gasteiger partial charge in [0, 0.05) is 52.6 Å². The fourth-order valence-corrected chi connectivity index (χ4v) is 2.31. The smallest absolute Gasteiger partial charge is 0.193 e. The van der Waals surface area contributed by atoms with E-state index < -0.39 is 0 Å². The Balaban J connectivity index is 0.00000200. The van der Waals surface area contributed by atoms with Gasteiger partial charge in [-0.2, -0.15) is 0 Å². The van der Waals surface area contributed by atoms with Crippen LogP contribution in [0.15, 0.2) is 17.4 Å². The average Bonchev–Trinajstić information content (AvgIpc) is 3.02. The van der Waals surface area contributed by atoms with Crippen molar-refractivity contribution in [3.63, 3.8) is 0 Å². The molecule has 7 heteroatoms. The number of aryl methyl sites for hydroxylation is 1. The van der Waals surface area contributed by atoms with Crippen LogP contribution in [0.4, 0.5) is 0 Å². The number of hydrogen-bond donors (Lipinski definition) is 1. The molecule has 1 aliphatic heterocycles. The van der Waals surface area contributed by atoms with E-state index in [0.29, 0.717) is 12.5 Å². The highest BCUT2D eigenvalue weighted by Crippen LogP contribution is 2.13. The van der Waals surface area contributed by atoms with Crippen molar-refractivity contribution in [1.82, 2.24) is 19.8 Å². The van der Waals surface area contributed by atoms with Crippen LogP contribution in [0.25, 0.3) is 0 Å². The summed E-state index contributed by atoms with van der Waals surface area (Å²) in [5.74, 6) is 2.50. The lowest BCUT2D eigenvalue weighted by atomic mass is 10.1. The monoisotopic (exact) mass is 393 g/mol. The minimum Gasteiger partial charge on any atom is -0.381 e. The molecule has 2 heterocycles. The SMILES string of the molecule is CN=C(NCc1nccn1C)N(C)CC1CCOC1.I. The predicted molar refractivity (Wildman–Crippen MR) is 90.4 cm³/mol. The van der Waals surface area contributed by atoms with Crippen molar-refractivity contribution < 1.29 is 4.74 Å². The molecule has 1 N–H and O–H groups in total. The highest BCUT2D eigenvalue weighted by molar-refractivity contribution is 14.0. The van der Waals surface area contributed by atoms with Gasteiger partial charge < -0.3 is 19.5 Å². The van der Waals surface area contributed by atoms with Crippen LogP contribution in [0, 0.1) is 5.92 Å². The third kappa shape index (κ3) is 4.62. The maximum atomic E-state index is 5.41. The molecule has 0 spiro atoms. The first-order valence-electron chi connectivity index (χ1n) is 6.66. The van der Waals surface area contributed by atoms with Crippen LogP contribution < -0.4 is 5.32 Å². The molecular formula is C13H24IN5O. The van der Waals surface area contributed by atoms with Gasteiger partial charge in [0.15, 0.2) is 5.96 Å². The standard InChI is InChI=1S/C13H23N5O.HI/c1-14-13(16-8-12-15-5-6-17(12)2)18(3)9-11-4-7-19-10-11;/h5-6,11H,4,7-10H2,1-3H3,(H,14,16);1H. The maximum Gasteiger partial charge on any atom is 0.193 e. The number of nitrogens with one attached hydrogen (secondary N) is 1. The second kappa shape index (κ2) is 8.46. The van der Waals surface area contributed by atoms with Gasteiger partial charge in [-0.05, 0) is 6.42 Å². The molecule has 0 saturated carbocycles. The summed E-state index contributed by atoms with van der Waals surface area (Å²) in [5, 5.41) is 3.34. The first-order chi connectivity index (χ1) is 9.20. The third-order valence-corrected chi connectivity index (χ3v) is 3.46. The Morgan fingerprint density at radius 3 is 3.00 bits per heavy atom. The Morgan fingerprint density at radius 2 is 2.45 bits per heavy atom. The summed E-state index contributed by atoms with van der Waals surface area (Å²) in [7, 11) is 5.86. The minimum atomic E-state index is 0.